The number of aromatic carboxylic acids is 1. The Morgan fingerprint density at radius 3 is 2.71 bits per heavy atom. The molecule has 0 atom stereocenters. The number of ether oxygens (including phenoxy) is 1. The number of nitrogens with zero attached hydrogens (tertiary/aromatic N) is 2. The van der Waals surface area contributed by atoms with Gasteiger partial charge in [0.25, 0.3) is 11.7 Å². The maximum absolute atomic E-state index is 10.5. The normalized spacial score (nSPS) is 10.2. The van der Waals surface area contributed by atoms with E-state index in [0.29, 0.717) is 10.8 Å². The van der Waals surface area contributed by atoms with E-state index in [0.717, 1.165) is 0 Å². The Labute approximate surface area is 101 Å². The lowest BCUT2D eigenvalue weighted by Crippen LogP contribution is -2.00. The van der Waals surface area contributed by atoms with E-state index in [1.807, 2.05) is 0 Å². The summed E-state index contributed by atoms with van der Waals surface area (Å²) in [6, 6.07) is 6.70. The van der Waals surface area contributed by atoms with E-state index in [4.69, 9.17) is 21.4 Å². The van der Waals surface area contributed by atoms with E-state index >= 15 is 0 Å². The predicted molar refractivity (Wildman–Crippen MR) is 57.0 cm³/mol. The highest BCUT2D eigenvalue weighted by Gasteiger charge is 2.12. The highest BCUT2D eigenvalue weighted by molar-refractivity contribution is 6.30. The van der Waals surface area contributed by atoms with Crippen molar-refractivity contribution in [3.05, 3.63) is 41.0 Å². The van der Waals surface area contributed by atoms with Crippen LogP contribution < -0.4 is 4.74 Å². The molecule has 2 aromatic rings. The van der Waals surface area contributed by atoms with E-state index in [1.165, 1.54) is 0 Å². The molecule has 0 aliphatic carbocycles. The Balaban J connectivity index is 1.97. The fraction of sp³-hybridized carbons (Fsp3) is 0.100. The zero-order valence-corrected chi connectivity index (χ0v) is 9.22. The van der Waals surface area contributed by atoms with E-state index in [1.54, 1.807) is 24.3 Å². The van der Waals surface area contributed by atoms with Crippen LogP contribution in [0.15, 0.2) is 28.8 Å². The number of hydrogen-bond donors (Lipinski definition) is 1. The van der Waals surface area contributed by atoms with Crippen molar-refractivity contribution in [1.82, 2.24) is 10.1 Å². The quantitative estimate of drug-likeness (QED) is 0.898. The largest absolute Gasteiger partial charge is 0.484 e. The van der Waals surface area contributed by atoms with Crippen molar-refractivity contribution in [3.63, 3.8) is 0 Å². The topological polar surface area (TPSA) is 85.5 Å². The van der Waals surface area contributed by atoms with Gasteiger partial charge in [0.1, 0.15) is 5.75 Å². The lowest BCUT2D eigenvalue weighted by molar-refractivity contribution is 0.0680. The Hall–Kier alpha value is -2.08. The summed E-state index contributed by atoms with van der Waals surface area (Å²) in [7, 11) is 0. The molecule has 1 N–H and O–H groups in total. The van der Waals surface area contributed by atoms with Crippen LogP contribution in [0, 0.1) is 0 Å². The minimum atomic E-state index is -1.24. The second-order valence-corrected chi connectivity index (χ2v) is 3.50. The van der Waals surface area contributed by atoms with Gasteiger partial charge in [-0.3, -0.25) is 0 Å². The van der Waals surface area contributed by atoms with Gasteiger partial charge in [-0.05, 0) is 29.4 Å². The summed E-state index contributed by atoms with van der Waals surface area (Å²) in [5, 5.41) is 12.4. The van der Waals surface area contributed by atoms with Gasteiger partial charge in [0, 0.05) is 5.02 Å². The fourth-order valence-corrected chi connectivity index (χ4v) is 1.20. The second-order valence-electron chi connectivity index (χ2n) is 3.06. The molecule has 0 saturated heterocycles. The first-order valence-corrected chi connectivity index (χ1v) is 4.97. The first kappa shape index (κ1) is 11.4. The zero-order valence-electron chi connectivity index (χ0n) is 8.46. The van der Waals surface area contributed by atoms with E-state index in [-0.39, 0.29) is 18.3 Å². The third-order valence-electron chi connectivity index (χ3n) is 1.84. The molecule has 1 aromatic carbocycles. The summed E-state index contributed by atoms with van der Waals surface area (Å²) in [6.07, 6.45) is 0. The van der Waals surface area contributed by atoms with Crippen LogP contribution in [-0.4, -0.2) is 21.2 Å². The average molecular weight is 255 g/mol. The standard InChI is InChI=1S/C10H7ClN2O4/c11-6-1-3-7(4-2-6)16-5-8-12-9(10(14)15)13-17-8/h1-4H,5H2,(H,14,15). The first-order valence-electron chi connectivity index (χ1n) is 4.59. The average Bonchev–Trinajstić information content (AvgIpc) is 2.77. The minimum Gasteiger partial charge on any atom is -0.484 e. The summed E-state index contributed by atoms with van der Waals surface area (Å²) < 4.78 is 9.97. The number of rotatable bonds is 4. The third-order valence-corrected chi connectivity index (χ3v) is 2.09. The molecule has 1 aromatic heterocycles. The van der Waals surface area contributed by atoms with Gasteiger partial charge >= 0.3 is 5.97 Å². The van der Waals surface area contributed by atoms with E-state index in [2.05, 4.69) is 14.7 Å². The number of aromatic nitrogens is 2. The van der Waals surface area contributed by atoms with Crippen LogP contribution in [-0.2, 0) is 6.61 Å². The van der Waals surface area contributed by atoms with Crippen molar-refractivity contribution in [1.29, 1.82) is 0 Å². The van der Waals surface area contributed by atoms with E-state index in [9.17, 15) is 4.79 Å². The number of carboxylic acid groups (broad SMARTS) is 1. The summed E-state index contributed by atoms with van der Waals surface area (Å²) in [4.78, 5) is 14.1. The van der Waals surface area contributed by atoms with Crippen LogP contribution in [0.5, 0.6) is 5.75 Å². The lowest BCUT2D eigenvalue weighted by atomic mass is 10.3. The fourth-order valence-electron chi connectivity index (χ4n) is 1.08. The minimum absolute atomic E-state index is 0.00190. The SMILES string of the molecule is O=C(O)c1noc(COc2ccc(Cl)cc2)n1. The molecule has 7 heteroatoms. The number of benzene rings is 1. The molecule has 0 amide bonds. The Morgan fingerprint density at radius 2 is 2.12 bits per heavy atom. The van der Waals surface area contributed by atoms with Crippen LogP contribution in [0.4, 0.5) is 0 Å². The van der Waals surface area contributed by atoms with Crippen molar-refractivity contribution in [2.75, 3.05) is 0 Å². The summed E-state index contributed by atoms with van der Waals surface area (Å²) in [6.45, 7) is 0.00190. The smallest absolute Gasteiger partial charge is 0.377 e. The van der Waals surface area contributed by atoms with Crippen molar-refractivity contribution in [3.8, 4) is 5.75 Å². The first-order chi connectivity index (χ1) is 8.15. The highest BCUT2D eigenvalue weighted by atomic mass is 35.5. The van der Waals surface area contributed by atoms with Crippen LogP contribution in [0.2, 0.25) is 5.02 Å². The van der Waals surface area contributed by atoms with Crippen molar-refractivity contribution < 1.29 is 19.2 Å². The van der Waals surface area contributed by atoms with Crippen LogP contribution in [0.1, 0.15) is 16.5 Å². The van der Waals surface area contributed by atoms with Crippen molar-refractivity contribution >= 4 is 17.6 Å². The number of carbonyl (C=O) groups is 1. The van der Waals surface area contributed by atoms with Gasteiger partial charge in [0.15, 0.2) is 6.61 Å². The molecule has 0 aliphatic heterocycles. The molecule has 17 heavy (non-hydrogen) atoms. The van der Waals surface area contributed by atoms with Gasteiger partial charge in [0.2, 0.25) is 0 Å². The Morgan fingerprint density at radius 1 is 1.41 bits per heavy atom. The molecule has 0 unspecified atom stereocenters. The molecule has 0 aliphatic rings. The van der Waals surface area contributed by atoms with Crippen LogP contribution >= 0.6 is 11.6 Å². The molecule has 88 valence electrons. The van der Waals surface area contributed by atoms with Gasteiger partial charge in [-0.25, -0.2) is 4.79 Å². The molecule has 0 fully saturated rings. The number of halogens is 1. The van der Waals surface area contributed by atoms with Gasteiger partial charge in [-0.2, -0.15) is 4.98 Å². The maximum atomic E-state index is 10.5. The molecular formula is C10H7ClN2O4. The molecular weight excluding hydrogens is 248 g/mol. The molecule has 6 nitrogen and oxygen atoms in total. The predicted octanol–water partition coefficient (Wildman–Crippen LogP) is 2.00. The van der Waals surface area contributed by atoms with Gasteiger partial charge < -0.3 is 14.4 Å². The number of hydrogen-bond acceptors (Lipinski definition) is 5. The van der Waals surface area contributed by atoms with Gasteiger partial charge in [-0.1, -0.05) is 11.6 Å². The molecule has 0 radical (unpaired) electrons. The Bertz CT molecular complexity index is 523. The van der Waals surface area contributed by atoms with Crippen LogP contribution in [0.3, 0.4) is 0 Å². The summed E-state index contributed by atoms with van der Waals surface area (Å²) in [5.41, 5.74) is 0. The lowest BCUT2D eigenvalue weighted by Gasteiger charge is -2.01. The highest BCUT2D eigenvalue weighted by Crippen LogP contribution is 2.16. The Kier molecular flexibility index (Phi) is 3.24. The monoisotopic (exact) mass is 254 g/mol. The molecule has 0 bridgehead atoms. The zero-order chi connectivity index (χ0) is 12.3. The van der Waals surface area contributed by atoms with Crippen molar-refractivity contribution in [2.24, 2.45) is 0 Å². The molecule has 2 rings (SSSR count). The van der Waals surface area contributed by atoms with Gasteiger partial charge in [0.05, 0.1) is 0 Å². The third kappa shape index (κ3) is 2.94. The van der Waals surface area contributed by atoms with Crippen LogP contribution in [0.25, 0.3) is 0 Å². The van der Waals surface area contributed by atoms with E-state index < -0.39 is 5.97 Å². The number of carboxylic acids is 1. The summed E-state index contributed by atoms with van der Waals surface area (Å²) in [5.74, 6) is -0.965. The second kappa shape index (κ2) is 4.84. The van der Waals surface area contributed by atoms with Crippen molar-refractivity contribution in [2.45, 2.75) is 6.61 Å². The van der Waals surface area contributed by atoms with Gasteiger partial charge in [-0.15, -0.1) is 0 Å². The summed E-state index contributed by atoms with van der Waals surface area (Å²) >= 11 is 5.71. The molecule has 1 heterocycles. The maximum Gasteiger partial charge on any atom is 0.377 e. The molecule has 0 saturated carbocycles. The molecule has 0 spiro atoms.